The van der Waals surface area contributed by atoms with E-state index in [9.17, 15) is 0 Å². The van der Waals surface area contributed by atoms with Gasteiger partial charge in [-0.15, -0.1) is 0 Å². The van der Waals surface area contributed by atoms with E-state index in [4.69, 9.17) is 4.52 Å². The third kappa shape index (κ3) is 6.58. The number of aryl methyl sites for hydroxylation is 1. The summed E-state index contributed by atoms with van der Waals surface area (Å²) in [6, 6.07) is 8.59. The Morgan fingerprint density at radius 1 is 1.26 bits per heavy atom. The third-order valence-electron chi connectivity index (χ3n) is 4.28. The summed E-state index contributed by atoms with van der Waals surface area (Å²) >= 11 is 0. The van der Waals surface area contributed by atoms with Gasteiger partial charge in [0.15, 0.2) is 11.8 Å². The summed E-state index contributed by atoms with van der Waals surface area (Å²) in [5, 5.41) is 10.6. The Morgan fingerprint density at radius 2 is 2.04 bits per heavy atom. The molecule has 0 bridgehead atoms. The van der Waals surface area contributed by atoms with Crippen LogP contribution in [0.4, 0.5) is 5.69 Å². The van der Waals surface area contributed by atoms with Crippen molar-refractivity contribution < 1.29 is 4.52 Å². The minimum absolute atomic E-state index is 0.278. The molecule has 0 atom stereocenters. The van der Waals surface area contributed by atoms with Crippen molar-refractivity contribution in [2.45, 2.75) is 40.0 Å². The van der Waals surface area contributed by atoms with Gasteiger partial charge in [-0.3, -0.25) is 4.99 Å². The highest BCUT2D eigenvalue weighted by molar-refractivity contribution is 5.79. The second-order valence-corrected chi connectivity index (χ2v) is 6.80. The molecule has 1 heterocycles. The maximum Gasteiger partial charge on any atom is 0.228 e. The molecule has 0 aliphatic carbocycles. The number of nitrogens with one attached hydrogen (secondary N) is 2. The summed E-state index contributed by atoms with van der Waals surface area (Å²) in [4.78, 5) is 11.0. The largest absolute Gasteiger partial charge is 0.370 e. The molecular formula is C20H32N6O. The van der Waals surface area contributed by atoms with Crippen LogP contribution in [0.2, 0.25) is 0 Å². The van der Waals surface area contributed by atoms with Gasteiger partial charge in [0.2, 0.25) is 5.89 Å². The summed E-state index contributed by atoms with van der Waals surface area (Å²) in [6.45, 7) is 11.8. The normalized spacial score (nSPS) is 11.7. The molecule has 0 spiro atoms. The maximum atomic E-state index is 5.26. The van der Waals surface area contributed by atoms with Crippen molar-refractivity contribution in [3.63, 3.8) is 0 Å². The quantitative estimate of drug-likeness (QED) is 0.520. The topological polar surface area (TPSA) is 78.6 Å². The first kappa shape index (κ1) is 20.7. The van der Waals surface area contributed by atoms with Crippen LogP contribution in [0, 0.1) is 6.92 Å². The van der Waals surface area contributed by atoms with Crippen molar-refractivity contribution in [3.05, 3.63) is 41.5 Å². The SMILES string of the molecule is CCN(CCNC(=NC)NCCc1nc(C(C)C)no1)c1cccc(C)c1. The van der Waals surface area contributed by atoms with E-state index in [0.29, 0.717) is 18.9 Å². The smallest absolute Gasteiger partial charge is 0.228 e. The van der Waals surface area contributed by atoms with E-state index in [1.807, 2.05) is 0 Å². The molecule has 0 fully saturated rings. The number of anilines is 1. The molecule has 0 radical (unpaired) electrons. The first-order valence-corrected chi connectivity index (χ1v) is 9.62. The number of aliphatic imine (C=N–C) groups is 1. The van der Waals surface area contributed by atoms with E-state index in [2.05, 4.69) is 82.6 Å². The number of rotatable bonds is 9. The van der Waals surface area contributed by atoms with Crippen molar-refractivity contribution in [2.75, 3.05) is 38.1 Å². The van der Waals surface area contributed by atoms with Gasteiger partial charge in [-0.05, 0) is 31.5 Å². The van der Waals surface area contributed by atoms with E-state index >= 15 is 0 Å². The van der Waals surface area contributed by atoms with E-state index < -0.39 is 0 Å². The second kappa shape index (κ2) is 10.5. The van der Waals surface area contributed by atoms with Gasteiger partial charge in [0.1, 0.15) is 0 Å². The van der Waals surface area contributed by atoms with Crippen LogP contribution in [0.1, 0.15) is 44.0 Å². The van der Waals surface area contributed by atoms with Crippen LogP contribution < -0.4 is 15.5 Å². The molecule has 0 amide bonds. The van der Waals surface area contributed by atoms with Crippen LogP contribution in [0.5, 0.6) is 0 Å². The fourth-order valence-electron chi connectivity index (χ4n) is 2.72. The number of guanidine groups is 1. The lowest BCUT2D eigenvalue weighted by Gasteiger charge is -2.24. The molecule has 0 saturated heterocycles. The van der Waals surface area contributed by atoms with Gasteiger partial charge in [-0.2, -0.15) is 4.98 Å². The molecule has 0 saturated carbocycles. The highest BCUT2D eigenvalue weighted by atomic mass is 16.5. The first-order valence-electron chi connectivity index (χ1n) is 9.62. The van der Waals surface area contributed by atoms with Crippen molar-refractivity contribution in [1.29, 1.82) is 0 Å². The van der Waals surface area contributed by atoms with Crippen molar-refractivity contribution in [1.82, 2.24) is 20.8 Å². The first-order chi connectivity index (χ1) is 13.0. The molecule has 2 rings (SSSR count). The zero-order valence-corrected chi connectivity index (χ0v) is 17.1. The highest BCUT2D eigenvalue weighted by Gasteiger charge is 2.09. The van der Waals surface area contributed by atoms with Gasteiger partial charge in [0.05, 0.1) is 0 Å². The molecule has 0 aliphatic heterocycles. The Hall–Kier alpha value is -2.57. The minimum atomic E-state index is 0.278. The zero-order chi connectivity index (χ0) is 19.6. The van der Waals surface area contributed by atoms with Crippen LogP contribution in [-0.4, -0.2) is 49.3 Å². The molecule has 27 heavy (non-hydrogen) atoms. The second-order valence-electron chi connectivity index (χ2n) is 6.80. The highest BCUT2D eigenvalue weighted by Crippen LogP contribution is 2.15. The maximum absolute atomic E-state index is 5.26. The number of hydrogen-bond acceptors (Lipinski definition) is 5. The number of nitrogens with zero attached hydrogens (tertiary/aromatic N) is 4. The lowest BCUT2D eigenvalue weighted by molar-refractivity contribution is 0.371. The Kier molecular flexibility index (Phi) is 8.10. The van der Waals surface area contributed by atoms with E-state index in [-0.39, 0.29) is 5.92 Å². The third-order valence-corrected chi connectivity index (χ3v) is 4.28. The van der Waals surface area contributed by atoms with E-state index in [1.165, 1.54) is 11.3 Å². The van der Waals surface area contributed by atoms with Crippen LogP contribution in [0.25, 0.3) is 0 Å². The van der Waals surface area contributed by atoms with Crippen LogP contribution in [-0.2, 0) is 6.42 Å². The predicted molar refractivity (Wildman–Crippen MR) is 111 cm³/mol. The lowest BCUT2D eigenvalue weighted by Crippen LogP contribution is -2.42. The molecule has 0 unspecified atom stereocenters. The summed E-state index contributed by atoms with van der Waals surface area (Å²) in [6.07, 6.45) is 0.671. The van der Waals surface area contributed by atoms with Crippen LogP contribution in [0.3, 0.4) is 0 Å². The average Bonchev–Trinajstić information content (AvgIpc) is 3.13. The molecule has 148 valence electrons. The zero-order valence-electron chi connectivity index (χ0n) is 17.1. The summed E-state index contributed by atoms with van der Waals surface area (Å²) < 4.78 is 5.26. The van der Waals surface area contributed by atoms with Crippen molar-refractivity contribution >= 4 is 11.6 Å². The molecule has 7 heteroatoms. The average molecular weight is 373 g/mol. The predicted octanol–water partition coefficient (Wildman–Crippen LogP) is 2.74. The molecule has 0 aliphatic rings. The monoisotopic (exact) mass is 372 g/mol. The number of benzene rings is 1. The molecule has 2 N–H and O–H groups in total. The Morgan fingerprint density at radius 3 is 2.67 bits per heavy atom. The van der Waals surface area contributed by atoms with Gasteiger partial charge < -0.3 is 20.1 Å². The number of hydrogen-bond donors (Lipinski definition) is 2. The fourth-order valence-corrected chi connectivity index (χ4v) is 2.72. The van der Waals surface area contributed by atoms with Crippen LogP contribution >= 0.6 is 0 Å². The van der Waals surface area contributed by atoms with Crippen molar-refractivity contribution in [2.24, 2.45) is 4.99 Å². The molecule has 1 aromatic carbocycles. The lowest BCUT2D eigenvalue weighted by atomic mass is 10.2. The number of likely N-dealkylation sites (N-methyl/N-ethyl adjacent to an activating group) is 1. The Balaban J connectivity index is 1.74. The van der Waals surface area contributed by atoms with Crippen molar-refractivity contribution in [3.8, 4) is 0 Å². The molecule has 7 nitrogen and oxygen atoms in total. The summed E-state index contributed by atoms with van der Waals surface area (Å²) in [7, 11) is 1.77. The van der Waals surface area contributed by atoms with Gasteiger partial charge >= 0.3 is 0 Å². The molecule has 2 aromatic rings. The van der Waals surface area contributed by atoms with Gasteiger partial charge in [-0.25, -0.2) is 0 Å². The molecular weight excluding hydrogens is 340 g/mol. The Bertz CT molecular complexity index is 725. The minimum Gasteiger partial charge on any atom is -0.370 e. The summed E-state index contributed by atoms with van der Waals surface area (Å²) in [5.74, 6) is 2.46. The van der Waals surface area contributed by atoms with Gasteiger partial charge in [0, 0.05) is 51.3 Å². The van der Waals surface area contributed by atoms with Gasteiger partial charge in [-0.1, -0.05) is 31.1 Å². The van der Waals surface area contributed by atoms with E-state index in [0.717, 1.165) is 31.4 Å². The summed E-state index contributed by atoms with van der Waals surface area (Å²) in [5.41, 5.74) is 2.53. The Labute approximate surface area is 162 Å². The molecule has 1 aromatic heterocycles. The van der Waals surface area contributed by atoms with E-state index in [1.54, 1.807) is 7.05 Å². The van der Waals surface area contributed by atoms with Gasteiger partial charge in [0.25, 0.3) is 0 Å². The fraction of sp³-hybridized carbons (Fsp3) is 0.550. The number of aromatic nitrogens is 2. The van der Waals surface area contributed by atoms with Crippen LogP contribution in [0.15, 0.2) is 33.8 Å². The standard InChI is InChI=1S/C20H32N6O/c1-6-26(17-9-7-8-16(4)14-17)13-12-23-20(21-5)22-11-10-18-24-19(15(2)3)25-27-18/h7-9,14-15H,6,10-13H2,1-5H3,(H2,21,22,23).